The van der Waals surface area contributed by atoms with E-state index in [1.54, 1.807) is 18.2 Å². The van der Waals surface area contributed by atoms with Gasteiger partial charge in [0.1, 0.15) is 12.4 Å². The van der Waals surface area contributed by atoms with Crippen LogP contribution in [0.5, 0.6) is 5.75 Å². The molecule has 0 spiro atoms. The number of ether oxygens (including phenoxy) is 1. The molecule has 0 aromatic heterocycles. The minimum atomic E-state index is -1.08. The van der Waals surface area contributed by atoms with Gasteiger partial charge in [-0.15, -0.1) is 0 Å². The SMILES string of the molecule is O=C(/C=C/c1ccc(OCc2ccccc2)cc1C(=O)O)c1ccc2ccccc2c1. The number of benzene rings is 4. The fourth-order valence-corrected chi connectivity index (χ4v) is 3.30. The van der Waals surface area contributed by atoms with E-state index in [4.69, 9.17) is 4.74 Å². The highest BCUT2D eigenvalue weighted by atomic mass is 16.5. The third kappa shape index (κ3) is 4.87. The lowest BCUT2D eigenvalue weighted by molar-refractivity contribution is 0.0695. The summed E-state index contributed by atoms with van der Waals surface area (Å²) in [6, 6.07) is 27.8. The number of carbonyl (C=O) groups is 2. The fraction of sp³-hybridized carbons (Fsp3) is 0.0370. The van der Waals surface area contributed by atoms with Gasteiger partial charge in [0, 0.05) is 5.56 Å². The third-order valence-corrected chi connectivity index (χ3v) is 4.95. The zero-order valence-corrected chi connectivity index (χ0v) is 16.7. The molecule has 0 fully saturated rings. The van der Waals surface area contributed by atoms with Crippen molar-refractivity contribution in [2.45, 2.75) is 6.61 Å². The Bertz CT molecular complexity index is 1270. The van der Waals surface area contributed by atoms with Crippen molar-refractivity contribution in [2.75, 3.05) is 0 Å². The molecule has 152 valence electrons. The van der Waals surface area contributed by atoms with Crippen molar-refractivity contribution in [1.82, 2.24) is 0 Å². The smallest absolute Gasteiger partial charge is 0.336 e. The number of carboxylic acid groups (broad SMARTS) is 1. The molecule has 31 heavy (non-hydrogen) atoms. The Kier molecular flexibility index (Phi) is 5.90. The quantitative estimate of drug-likeness (QED) is 0.300. The molecule has 1 N–H and O–H groups in total. The molecule has 0 bridgehead atoms. The van der Waals surface area contributed by atoms with Gasteiger partial charge >= 0.3 is 5.97 Å². The van der Waals surface area contributed by atoms with E-state index in [0.29, 0.717) is 23.5 Å². The van der Waals surface area contributed by atoms with Crippen LogP contribution in [0, 0.1) is 0 Å². The molecule has 0 aliphatic heterocycles. The lowest BCUT2D eigenvalue weighted by Gasteiger charge is -2.09. The van der Waals surface area contributed by atoms with E-state index in [-0.39, 0.29) is 11.3 Å². The average Bonchev–Trinajstić information content (AvgIpc) is 2.81. The molecule has 4 heteroatoms. The third-order valence-electron chi connectivity index (χ3n) is 4.95. The van der Waals surface area contributed by atoms with Gasteiger partial charge in [0.15, 0.2) is 5.78 Å². The topological polar surface area (TPSA) is 63.6 Å². The number of carboxylic acids is 1. The first-order valence-corrected chi connectivity index (χ1v) is 9.85. The summed E-state index contributed by atoms with van der Waals surface area (Å²) in [4.78, 5) is 24.3. The number of fused-ring (bicyclic) bond motifs is 1. The fourth-order valence-electron chi connectivity index (χ4n) is 3.30. The first-order chi connectivity index (χ1) is 15.1. The monoisotopic (exact) mass is 408 g/mol. The van der Waals surface area contributed by atoms with E-state index in [2.05, 4.69) is 0 Å². The highest BCUT2D eigenvalue weighted by Crippen LogP contribution is 2.21. The molecule has 0 radical (unpaired) electrons. The number of ketones is 1. The molecule has 4 aromatic rings. The zero-order chi connectivity index (χ0) is 21.6. The molecule has 0 atom stereocenters. The predicted octanol–water partition coefficient (Wildman–Crippen LogP) is 6.01. The number of aromatic carboxylic acids is 1. The van der Waals surface area contributed by atoms with Crippen LogP contribution < -0.4 is 4.74 Å². The Labute approximate surface area is 180 Å². The van der Waals surface area contributed by atoms with Crippen LogP contribution in [0.1, 0.15) is 31.8 Å². The molecular formula is C27H20O4. The van der Waals surface area contributed by atoms with E-state index in [9.17, 15) is 14.7 Å². The molecule has 4 rings (SSSR count). The average molecular weight is 408 g/mol. The highest BCUT2D eigenvalue weighted by molar-refractivity contribution is 6.09. The maximum absolute atomic E-state index is 12.6. The number of hydrogen-bond acceptors (Lipinski definition) is 3. The van der Waals surface area contributed by atoms with E-state index in [1.807, 2.05) is 66.7 Å². The Morgan fingerprint density at radius 1 is 0.806 bits per heavy atom. The first-order valence-electron chi connectivity index (χ1n) is 9.85. The minimum Gasteiger partial charge on any atom is -0.489 e. The van der Waals surface area contributed by atoms with Crippen LogP contribution in [0.2, 0.25) is 0 Å². The lowest BCUT2D eigenvalue weighted by Crippen LogP contribution is -2.02. The molecule has 0 amide bonds. The van der Waals surface area contributed by atoms with Crippen LogP contribution in [-0.2, 0) is 6.61 Å². The van der Waals surface area contributed by atoms with E-state index < -0.39 is 5.97 Å². The zero-order valence-electron chi connectivity index (χ0n) is 16.7. The van der Waals surface area contributed by atoms with Crippen molar-refractivity contribution in [3.05, 3.63) is 119 Å². The second kappa shape index (κ2) is 9.09. The summed E-state index contributed by atoms with van der Waals surface area (Å²) in [5.74, 6) is -0.811. The van der Waals surface area contributed by atoms with E-state index >= 15 is 0 Å². The van der Waals surface area contributed by atoms with Gasteiger partial charge in [-0.2, -0.15) is 0 Å². The highest BCUT2D eigenvalue weighted by Gasteiger charge is 2.11. The summed E-state index contributed by atoms with van der Waals surface area (Å²) in [5, 5.41) is 11.6. The molecule has 0 saturated carbocycles. The van der Waals surface area contributed by atoms with Crippen LogP contribution in [-0.4, -0.2) is 16.9 Å². The summed E-state index contributed by atoms with van der Waals surface area (Å²) >= 11 is 0. The second-order valence-electron chi connectivity index (χ2n) is 7.09. The second-order valence-corrected chi connectivity index (χ2v) is 7.09. The molecule has 0 aliphatic carbocycles. The Balaban J connectivity index is 1.52. The van der Waals surface area contributed by atoms with Crippen molar-refractivity contribution < 1.29 is 19.4 Å². The van der Waals surface area contributed by atoms with Crippen LogP contribution in [0.3, 0.4) is 0 Å². The van der Waals surface area contributed by atoms with Crippen LogP contribution in [0.4, 0.5) is 0 Å². The summed E-state index contributed by atoms with van der Waals surface area (Å²) in [6.45, 7) is 0.343. The number of hydrogen-bond donors (Lipinski definition) is 1. The lowest BCUT2D eigenvalue weighted by atomic mass is 10.0. The summed E-state index contributed by atoms with van der Waals surface area (Å²) in [6.07, 6.45) is 2.93. The van der Waals surface area contributed by atoms with E-state index in [1.165, 1.54) is 18.2 Å². The van der Waals surface area contributed by atoms with Crippen LogP contribution >= 0.6 is 0 Å². The summed E-state index contributed by atoms with van der Waals surface area (Å²) in [7, 11) is 0. The largest absolute Gasteiger partial charge is 0.489 e. The molecule has 0 unspecified atom stereocenters. The molecule has 0 saturated heterocycles. The minimum absolute atomic E-state index is 0.0770. The number of rotatable bonds is 7. The van der Waals surface area contributed by atoms with Crippen molar-refractivity contribution in [1.29, 1.82) is 0 Å². The van der Waals surface area contributed by atoms with Crippen molar-refractivity contribution in [3.8, 4) is 5.75 Å². The normalized spacial score (nSPS) is 11.0. The van der Waals surface area contributed by atoms with Gasteiger partial charge in [-0.1, -0.05) is 78.9 Å². The number of carbonyl (C=O) groups excluding carboxylic acids is 1. The van der Waals surface area contributed by atoms with Crippen molar-refractivity contribution in [2.24, 2.45) is 0 Å². The molecule has 4 nitrogen and oxygen atoms in total. The van der Waals surface area contributed by atoms with Crippen molar-refractivity contribution in [3.63, 3.8) is 0 Å². The van der Waals surface area contributed by atoms with Gasteiger partial charge in [0.05, 0.1) is 5.56 Å². The van der Waals surface area contributed by atoms with Gasteiger partial charge in [-0.25, -0.2) is 4.79 Å². The van der Waals surface area contributed by atoms with Gasteiger partial charge in [-0.05, 0) is 46.2 Å². The van der Waals surface area contributed by atoms with Crippen molar-refractivity contribution >= 4 is 28.6 Å². The molecular weight excluding hydrogens is 388 g/mol. The Hall–Kier alpha value is -4.18. The predicted molar refractivity (Wildman–Crippen MR) is 121 cm³/mol. The first kappa shape index (κ1) is 20.1. The van der Waals surface area contributed by atoms with Crippen LogP contribution in [0.25, 0.3) is 16.8 Å². The molecule has 0 aliphatic rings. The Morgan fingerprint density at radius 2 is 1.55 bits per heavy atom. The van der Waals surface area contributed by atoms with Gasteiger partial charge in [0.25, 0.3) is 0 Å². The standard InChI is InChI=1S/C27H20O4/c28-26(23-11-10-20-8-4-5-9-22(20)16-23)15-13-21-12-14-24(17-25(21)27(29)30)31-18-19-6-2-1-3-7-19/h1-17H,18H2,(H,29,30)/b15-13+. The van der Waals surface area contributed by atoms with Crippen LogP contribution in [0.15, 0.2) is 97.1 Å². The molecule has 4 aromatic carbocycles. The molecule has 0 heterocycles. The summed E-state index contributed by atoms with van der Waals surface area (Å²) < 4.78 is 5.72. The van der Waals surface area contributed by atoms with Gasteiger partial charge in [-0.3, -0.25) is 4.79 Å². The van der Waals surface area contributed by atoms with E-state index in [0.717, 1.165) is 16.3 Å². The maximum atomic E-state index is 12.6. The maximum Gasteiger partial charge on any atom is 0.336 e. The van der Waals surface area contributed by atoms with Gasteiger partial charge < -0.3 is 9.84 Å². The number of allylic oxidation sites excluding steroid dienone is 1. The Morgan fingerprint density at radius 3 is 2.32 bits per heavy atom. The summed E-state index contributed by atoms with van der Waals surface area (Å²) in [5.41, 5.74) is 2.06. The van der Waals surface area contributed by atoms with Gasteiger partial charge in [0.2, 0.25) is 0 Å².